The van der Waals surface area contributed by atoms with Crippen molar-refractivity contribution >= 4 is 0 Å². The van der Waals surface area contributed by atoms with Crippen LogP contribution in [0.15, 0.2) is 0 Å². The van der Waals surface area contributed by atoms with E-state index in [0.717, 1.165) is 17.3 Å². The van der Waals surface area contributed by atoms with Gasteiger partial charge in [0.1, 0.15) is 0 Å². The molecule has 0 aromatic carbocycles. The highest BCUT2D eigenvalue weighted by molar-refractivity contribution is 5.04. The van der Waals surface area contributed by atoms with Crippen LogP contribution in [-0.4, -0.2) is 26.2 Å². The summed E-state index contributed by atoms with van der Waals surface area (Å²) < 4.78 is 0. The summed E-state index contributed by atoms with van der Waals surface area (Å²) in [5.74, 6) is 2.12. The molecule has 98 valence electrons. The first-order valence-electron chi connectivity index (χ1n) is 7.80. The molecule has 3 fully saturated rings. The molecule has 1 aliphatic heterocycles. The van der Waals surface area contributed by atoms with E-state index in [0.29, 0.717) is 0 Å². The Morgan fingerprint density at radius 3 is 2.47 bits per heavy atom. The minimum Gasteiger partial charge on any atom is -0.317 e. The first-order valence-corrected chi connectivity index (χ1v) is 7.80. The lowest BCUT2D eigenvalue weighted by atomic mass is 9.93. The van der Waals surface area contributed by atoms with E-state index in [1.54, 1.807) is 0 Å². The van der Waals surface area contributed by atoms with E-state index in [2.05, 4.69) is 10.6 Å². The summed E-state index contributed by atoms with van der Waals surface area (Å²) in [7, 11) is 0. The van der Waals surface area contributed by atoms with Gasteiger partial charge in [-0.3, -0.25) is 0 Å². The minimum atomic E-state index is 0.786. The molecule has 0 amide bonds. The standard InChI is InChI=1S/C15H28N2/c1(2-13-5-10-16-11-6-13)9-17-12-15(7-8-15)14-3-4-14/h13-14,16-17H,1-12H2. The highest BCUT2D eigenvalue weighted by Gasteiger charge is 2.52. The molecule has 0 atom stereocenters. The smallest absolute Gasteiger partial charge is 0.00105 e. The molecule has 17 heavy (non-hydrogen) atoms. The van der Waals surface area contributed by atoms with Gasteiger partial charge in [0.05, 0.1) is 0 Å². The Labute approximate surface area is 106 Å². The van der Waals surface area contributed by atoms with Crippen LogP contribution in [0.5, 0.6) is 0 Å². The van der Waals surface area contributed by atoms with Gasteiger partial charge in [-0.1, -0.05) is 0 Å². The van der Waals surface area contributed by atoms with Crippen molar-refractivity contribution < 1.29 is 0 Å². The second-order valence-corrected chi connectivity index (χ2v) is 6.65. The molecule has 2 aliphatic carbocycles. The molecule has 1 saturated heterocycles. The first-order chi connectivity index (χ1) is 8.39. The van der Waals surface area contributed by atoms with Crippen molar-refractivity contribution in [3.63, 3.8) is 0 Å². The van der Waals surface area contributed by atoms with Crippen molar-refractivity contribution in [3.8, 4) is 0 Å². The van der Waals surface area contributed by atoms with E-state index in [9.17, 15) is 0 Å². The van der Waals surface area contributed by atoms with Crippen LogP contribution in [0.2, 0.25) is 0 Å². The van der Waals surface area contributed by atoms with Crippen LogP contribution in [0, 0.1) is 17.3 Å². The summed E-state index contributed by atoms with van der Waals surface area (Å²) in [6.45, 7) is 5.09. The van der Waals surface area contributed by atoms with Crippen molar-refractivity contribution in [3.05, 3.63) is 0 Å². The van der Waals surface area contributed by atoms with Gasteiger partial charge in [-0.25, -0.2) is 0 Å². The van der Waals surface area contributed by atoms with Crippen LogP contribution in [-0.2, 0) is 0 Å². The highest BCUT2D eigenvalue weighted by Crippen LogP contribution is 2.60. The van der Waals surface area contributed by atoms with Crippen molar-refractivity contribution in [2.24, 2.45) is 17.3 Å². The number of rotatable bonds is 7. The van der Waals surface area contributed by atoms with E-state index in [-0.39, 0.29) is 0 Å². The fourth-order valence-electron chi connectivity index (χ4n) is 3.61. The molecular weight excluding hydrogens is 208 g/mol. The molecule has 2 N–H and O–H groups in total. The Bertz CT molecular complexity index is 237. The van der Waals surface area contributed by atoms with Gasteiger partial charge >= 0.3 is 0 Å². The average molecular weight is 236 g/mol. The Morgan fingerprint density at radius 2 is 1.82 bits per heavy atom. The van der Waals surface area contributed by atoms with E-state index >= 15 is 0 Å². The Hall–Kier alpha value is -0.0800. The second-order valence-electron chi connectivity index (χ2n) is 6.65. The number of nitrogens with one attached hydrogen (secondary N) is 2. The quantitative estimate of drug-likeness (QED) is 0.664. The van der Waals surface area contributed by atoms with Gasteiger partial charge in [0.25, 0.3) is 0 Å². The summed E-state index contributed by atoms with van der Waals surface area (Å²) in [5, 5.41) is 7.18. The summed E-state index contributed by atoms with van der Waals surface area (Å²) >= 11 is 0. The maximum atomic E-state index is 3.73. The van der Waals surface area contributed by atoms with Gasteiger partial charge in [0, 0.05) is 6.54 Å². The molecule has 0 aromatic heterocycles. The molecule has 0 spiro atoms. The maximum Gasteiger partial charge on any atom is 0.00105 e. The monoisotopic (exact) mass is 236 g/mol. The van der Waals surface area contributed by atoms with E-state index in [1.807, 2.05) is 0 Å². The lowest BCUT2D eigenvalue weighted by Crippen LogP contribution is -2.29. The van der Waals surface area contributed by atoms with Crippen LogP contribution < -0.4 is 10.6 Å². The van der Waals surface area contributed by atoms with Gasteiger partial charge < -0.3 is 10.6 Å². The zero-order chi connectivity index (χ0) is 11.6. The normalized spacial score (nSPS) is 28.2. The second kappa shape index (κ2) is 5.27. The van der Waals surface area contributed by atoms with Crippen molar-refractivity contribution in [1.29, 1.82) is 0 Å². The SMILES string of the molecule is C(CNCC1(C2CC2)CC1)CC1CCNCC1. The predicted molar refractivity (Wildman–Crippen MR) is 72.1 cm³/mol. The first kappa shape index (κ1) is 12.0. The summed E-state index contributed by atoms with van der Waals surface area (Å²) in [6, 6.07) is 0. The molecule has 0 unspecified atom stereocenters. The topological polar surface area (TPSA) is 24.1 Å². The van der Waals surface area contributed by atoms with Crippen LogP contribution >= 0.6 is 0 Å². The van der Waals surface area contributed by atoms with E-state index in [4.69, 9.17) is 0 Å². The molecular formula is C15H28N2. The summed E-state index contributed by atoms with van der Waals surface area (Å²) in [4.78, 5) is 0. The van der Waals surface area contributed by atoms with Gasteiger partial charge in [0.15, 0.2) is 0 Å². The fourth-order valence-corrected chi connectivity index (χ4v) is 3.61. The van der Waals surface area contributed by atoms with Crippen molar-refractivity contribution in [2.75, 3.05) is 26.2 Å². The minimum absolute atomic E-state index is 0.786. The van der Waals surface area contributed by atoms with Crippen molar-refractivity contribution in [2.45, 2.75) is 51.4 Å². The third-order valence-electron chi connectivity index (χ3n) is 5.24. The molecule has 2 saturated carbocycles. The molecule has 3 rings (SSSR count). The third-order valence-corrected chi connectivity index (χ3v) is 5.24. The molecule has 1 heterocycles. The van der Waals surface area contributed by atoms with Gasteiger partial charge in [-0.2, -0.15) is 0 Å². The average Bonchev–Trinajstić information content (AvgIpc) is 3.23. The van der Waals surface area contributed by atoms with Crippen LogP contribution in [0.4, 0.5) is 0 Å². The van der Waals surface area contributed by atoms with E-state index < -0.39 is 0 Å². The lowest BCUT2D eigenvalue weighted by molar-refractivity contribution is 0.338. The third kappa shape index (κ3) is 3.23. The van der Waals surface area contributed by atoms with E-state index in [1.165, 1.54) is 77.5 Å². The Balaban J connectivity index is 1.23. The predicted octanol–water partition coefficient (Wildman–Crippen LogP) is 2.55. The zero-order valence-corrected chi connectivity index (χ0v) is 11.1. The fraction of sp³-hybridized carbons (Fsp3) is 1.00. The maximum absolute atomic E-state index is 3.73. The van der Waals surface area contributed by atoms with Crippen LogP contribution in [0.3, 0.4) is 0 Å². The molecule has 2 heteroatoms. The number of hydrogen-bond donors (Lipinski definition) is 2. The summed E-state index contributed by atoms with van der Waals surface area (Å²) in [6.07, 6.45) is 11.7. The molecule has 0 aromatic rings. The molecule has 2 nitrogen and oxygen atoms in total. The van der Waals surface area contributed by atoms with Gasteiger partial charge in [-0.05, 0) is 88.3 Å². The number of piperidine rings is 1. The van der Waals surface area contributed by atoms with Crippen LogP contribution in [0.1, 0.15) is 51.4 Å². The Morgan fingerprint density at radius 1 is 1.06 bits per heavy atom. The molecule has 0 radical (unpaired) electrons. The van der Waals surface area contributed by atoms with Crippen molar-refractivity contribution in [1.82, 2.24) is 10.6 Å². The number of hydrogen-bond acceptors (Lipinski definition) is 2. The Kier molecular flexibility index (Phi) is 3.72. The molecule has 3 aliphatic rings. The highest BCUT2D eigenvalue weighted by atomic mass is 14.9. The molecule has 0 bridgehead atoms. The zero-order valence-electron chi connectivity index (χ0n) is 11.1. The van der Waals surface area contributed by atoms with Gasteiger partial charge in [-0.15, -0.1) is 0 Å². The largest absolute Gasteiger partial charge is 0.317 e. The van der Waals surface area contributed by atoms with Gasteiger partial charge in [0.2, 0.25) is 0 Å². The summed E-state index contributed by atoms with van der Waals surface area (Å²) in [5.41, 5.74) is 0.786. The van der Waals surface area contributed by atoms with Crippen LogP contribution in [0.25, 0.3) is 0 Å². The lowest BCUT2D eigenvalue weighted by Gasteiger charge is -2.22.